The largest absolute Gasteiger partial charge is 0.328 e. The normalized spacial score (nSPS) is 17.3. The summed E-state index contributed by atoms with van der Waals surface area (Å²) < 4.78 is 0. The Morgan fingerprint density at radius 3 is 2.48 bits per heavy atom. The second kappa shape index (κ2) is 9.72. The van der Waals surface area contributed by atoms with Crippen molar-refractivity contribution in [3.05, 3.63) is 56.5 Å². The average Bonchev–Trinajstić information content (AvgIpc) is 2.54. The van der Waals surface area contributed by atoms with Crippen LogP contribution in [0.1, 0.15) is 43.5 Å². The molecule has 2 unspecified atom stereocenters. The van der Waals surface area contributed by atoms with Crippen LogP contribution in [0.2, 0.25) is 15.5 Å². The van der Waals surface area contributed by atoms with Crippen molar-refractivity contribution in [2.24, 2.45) is 11.7 Å². The summed E-state index contributed by atoms with van der Waals surface area (Å²) in [6.07, 6.45) is 5.30. The molecule has 0 aromatic carbocycles. The molecule has 2 aromatic heterocycles. The van der Waals surface area contributed by atoms with Gasteiger partial charge in [-0.3, -0.25) is 0 Å². The van der Waals surface area contributed by atoms with Gasteiger partial charge in [0.1, 0.15) is 15.5 Å². The van der Waals surface area contributed by atoms with E-state index in [1.165, 1.54) is 24.1 Å². The molecule has 0 amide bonds. The van der Waals surface area contributed by atoms with Crippen molar-refractivity contribution in [3.8, 4) is 0 Å². The second-order valence-electron chi connectivity index (χ2n) is 6.69. The molecule has 0 fully saturated rings. The number of rotatable bonds is 3. The van der Waals surface area contributed by atoms with Crippen molar-refractivity contribution in [2.75, 3.05) is 0 Å². The molecule has 2 heterocycles. The first kappa shape index (κ1) is 20.4. The summed E-state index contributed by atoms with van der Waals surface area (Å²) in [7, 11) is 0. The highest BCUT2D eigenvalue weighted by Crippen LogP contribution is 2.24. The summed E-state index contributed by atoms with van der Waals surface area (Å²) in [5.74, 6) is 0.767. The third-order valence-corrected chi connectivity index (χ3v) is 4.99. The van der Waals surface area contributed by atoms with Crippen LogP contribution in [-0.4, -0.2) is 16.0 Å². The quantitative estimate of drug-likeness (QED) is 0.689. The molecule has 6 heteroatoms. The molecule has 2 aromatic rings. The average molecular weight is 401 g/mol. The van der Waals surface area contributed by atoms with Crippen LogP contribution < -0.4 is 5.73 Å². The lowest BCUT2D eigenvalue weighted by Gasteiger charge is -2.19. The van der Waals surface area contributed by atoms with Crippen LogP contribution in [0, 0.1) is 5.92 Å². The number of aromatic nitrogens is 2. The van der Waals surface area contributed by atoms with Gasteiger partial charge in [-0.25, -0.2) is 9.97 Å². The topological polar surface area (TPSA) is 51.8 Å². The molecule has 0 bridgehead atoms. The maximum atomic E-state index is 5.88. The van der Waals surface area contributed by atoms with Crippen molar-refractivity contribution >= 4 is 34.8 Å². The SMILES string of the molecule is CC(N)CCc1ccc(Cl)nc1Cl.CC1CCc2ccc(Cl)nc2C1. The van der Waals surface area contributed by atoms with Crippen molar-refractivity contribution < 1.29 is 0 Å². The van der Waals surface area contributed by atoms with Crippen molar-refractivity contribution in [2.45, 2.75) is 52.0 Å². The predicted octanol–water partition coefficient (Wildman–Crippen LogP) is 5.53. The van der Waals surface area contributed by atoms with Crippen LogP contribution >= 0.6 is 34.8 Å². The summed E-state index contributed by atoms with van der Waals surface area (Å²) in [5.41, 5.74) is 9.23. The molecule has 3 nitrogen and oxygen atoms in total. The number of pyridine rings is 2. The highest BCUT2D eigenvalue weighted by Gasteiger charge is 2.15. The Kier molecular flexibility index (Phi) is 7.95. The van der Waals surface area contributed by atoms with E-state index in [0.29, 0.717) is 15.5 Å². The number of nitrogens with zero attached hydrogens (tertiary/aromatic N) is 2. The standard InChI is InChI=1S/C10H12ClN.C9H12Cl2N2/c1-7-2-3-8-4-5-10(11)12-9(8)6-7;1-6(12)2-3-7-4-5-8(10)13-9(7)11/h4-5,7H,2-3,6H2,1H3;4-6H,2-3,12H2,1H3. The number of hydrogen-bond donors (Lipinski definition) is 1. The zero-order valence-electron chi connectivity index (χ0n) is 14.6. The Balaban J connectivity index is 0.000000181. The van der Waals surface area contributed by atoms with Crippen LogP contribution in [0.3, 0.4) is 0 Å². The molecule has 1 aliphatic carbocycles. The van der Waals surface area contributed by atoms with E-state index >= 15 is 0 Å². The Hall–Kier alpha value is -0.870. The van der Waals surface area contributed by atoms with Gasteiger partial charge < -0.3 is 5.73 Å². The fourth-order valence-electron chi connectivity index (χ4n) is 2.75. The lowest BCUT2D eigenvalue weighted by molar-refractivity contribution is 0.492. The Labute approximate surface area is 164 Å². The van der Waals surface area contributed by atoms with E-state index in [-0.39, 0.29) is 6.04 Å². The van der Waals surface area contributed by atoms with Gasteiger partial charge in [0.15, 0.2) is 0 Å². The minimum Gasteiger partial charge on any atom is -0.328 e. The molecule has 3 rings (SSSR count). The molecule has 0 radical (unpaired) electrons. The molecule has 0 aliphatic heterocycles. The molecular weight excluding hydrogens is 377 g/mol. The molecule has 0 spiro atoms. The van der Waals surface area contributed by atoms with Gasteiger partial charge in [-0.15, -0.1) is 0 Å². The zero-order valence-corrected chi connectivity index (χ0v) is 16.9. The first-order valence-electron chi connectivity index (χ1n) is 8.56. The summed E-state index contributed by atoms with van der Waals surface area (Å²) in [5, 5.41) is 1.53. The van der Waals surface area contributed by atoms with Crippen LogP contribution in [0.5, 0.6) is 0 Å². The van der Waals surface area contributed by atoms with Crippen molar-refractivity contribution in [3.63, 3.8) is 0 Å². The van der Waals surface area contributed by atoms with E-state index in [4.69, 9.17) is 40.5 Å². The molecule has 0 saturated carbocycles. The predicted molar refractivity (Wildman–Crippen MR) is 107 cm³/mol. The van der Waals surface area contributed by atoms with Crippen LogP contribution in [0.15, 0.2) is 24.3 Å². The number of nitrogens with two attached hydrogens (primary N) is 1. The van der Waals surface area contributed by atoms with Crippen LogP contribution in [0.25, 0.3) is 0 Å². The maximum Gasteiger partial charge on any atom is 0.134 e. The highest BCUT2D eigenvalue weighted by molar-refractivity contribution is 6.32. The maximum absolute atomic E-state index is 5.88. The zero-order chi connectivity index (χ0) is 18.4. The third-order valence-electron chi connectivity index (χ3n) is 4.24. The van der Waals surface area contributed by atoms with Gasteiger partial charge in [-0.2, -0.15) is 0 Å². The number of fused-ring (bicyclic) bond motifs is 1. The molecule has 25 heavy (non-hydrogen) atoms. The fourth-order valence-corrected chi connectivity index (χ4v) is 3.36. The Morgan fingerprint density at radius 2 is 1.80 bits per heavy atom. The van der Waals surface area contributed by atoms with Crippen molar-refractivity contribution in [1.29, 1.82) is 0 Å². The highest BCUT2D eigenvalue weighted by atomic mass is 35.5. The van der Waals surface area contributed by atoms with Crippen LogP contribution in [-0.2, 0) is 19.3 Å². The number of aryl methyl sites for hydroxylation is 2. The minimum absolute atomic E-state index is 0.187. The van der Waals surface area contributed by atoms with E-state index in [9.17, 15) is 0 Å². The molecule has 2 N–H and O–H groups in total. The van der Waals surface area contributed by atoms with E-state index in [1.807, 2.05) is 19.1 Å². The van der Waals surface area contributed by atoms with Gasteiger partial charge in [0.05, 0.1) is 0 Å². The molecule has 136 valence electrons. The van der Waals surface area contributed by atoms with Gasteiger partial charge in [-0.1, -0.05) is 53.9 Å². The van der Waals surface area contributed by atoms with Gasteiger partial charge in [0, 0.05) is 11.7 Å². The lowest BCUT2D eigenvalue weighted by Crippen LogP contribution is -2.15. The first-order valence-corrected chi connectivity index (χ1v) is 9.69. The summed E-state index contributed by atoms with van der Waals surface area (Å²) in [6.45, 7) is 4.24. The van der Waals surface area contributed by atoms with Crippen molar-refractivity contribution in [1.82, 2.24) is 9.97 Å². The van der Waals surface area contributed by atoms with E-state index in [1.54, 1.807) is 6.07 Å². The summed E-state index contributed by atoms with van der Waals surface area (Å²) in [6, 6.07) is 7.81. The Morgan fingerprint density at radius 1 is 1.12 bits per heavy atom. The van der Waals surface area contributed by atoms with Gasteiger partial charge in [-0.05, 0) is 68.2 Å². The molecular formula is C19H24Cl3N3. The van der Waals surface area contributed by atoms with E-state index in [2.05, 4.69) is 23.0 Å². The van der Waals surface area contributed by atoms with Gasteiger partial charge >= 0.3 is 0 Å². The van der Waals surface area contributed by atoms with E-state index < -0.39 is 0 Å². The second-order valence-corrected chi connectivity index (χ2v) is 7.82. The van der Waals surface area contributed by atoms with Gasteiger partial charge in [0.25, 0.3) is 0 Å². The minimum atomic E-state index is 0.187. The van der Waals surface area contributed by atoms with E-state index in [0.717, 1.165) is 30.7 Å². The first-order chi connectivity index (χ1) is 11.8. The third kappa shape index (κ3) is 6.74. The summed E-state index contributed by atoms with van der Waals surface area (Å²) in [4.78, 5) is 8.27. The Bertz CT molecular complexity index is 704. The number of halogens is 3. The smallest absolute Gasteiger partial charge is 0.134 e. The molecule has 1 aliphatic rings. The summed E-state index contributed by atoms with van der Waals surface area (Å²) >= 11 is 17.3. The fraction of sp³-hybridized carbons (Fsp3) is 0.474. The lowest BCUT2D eigenvalue weighted by atomic mass is 9.88. The molecule has 2 atom stereocenters. The van der Waals surface area contributed by atoms with Crippen LogP contribution in [0.4, 0.5) is 0 Å². The number of hydrogen-bond acceptors (Lipinski definition) is 3. The monoisotopic (exact) mass is 399 g/mol. The van der Waals surface area contributed by atoms with Gasteiger partial charge in [0.2, 0.25) is 0 Å². The molecule has 0 saturated heterocycles.